The Bertz CT molecular complexity index is 1110. The number of thioether (sulfide) groups is 1. The van der Waals surface area contributed by atoms with Gasteiger partial charge in [-0.05, 0) is 36.4 Å². The standard InChI is InChI=1S/C23H19N3O2S2/c27-21(24-16-9-3-1-4-10-16)15-20(22(28)25-17-11-5-2-6-12-17)30-23-26-18-13-7-8-14-19(18)29-23/h1-14,20H,15H2,(H,24,27)(H,25,28). The SMILES string of the molecule is O=C(CC(Sc1nc2ccccc2s1)C(=O)Nc1ccccc1)Nc1ccccc1. The van der Waals surface area contributed by atoms with Gasteiger partial charge in [-0.3, -0.25) is 9.59 Å². The second-order valence-corrected chi connectivity index (χ2v) is 9.01. The van der Waals surface area contributed by atoms with Gasteiger partial charge in [-0.1, -0.05) is 60.3 Å². The van der Waals surface area contributed by atoms with Crippen LogP contribution in [0.3, 0.4) is 0 Å². The number of carbonyl (C=O) groups excluding carboxylic acids is 2. The molecule has 30 heavy (non-hydrogen) atoms. The summed E-state index contributed by atoms with van der Waals surface area (Å²) in [5, 5.41) is 5.14. The maximum Gasteiger partial charge on any atom is 0.238 e. The van der Waals surface area contributed by atoms with Crippen molar-refractivity contribution in [2.24, 2.45) is 0 Å². The number of fused-ring (bicyclic) bond motifs is 1. The van der Waals surface area contributed by atoms with Crippen LogP contribution < -0.4 is 10.6 Å². The van der Waals surface area contributed by atoms with E-state index in [4.69, 9.17) is 0 Å². The maximum atomic E-state index is 13.0. The first-order valence-corrected chi connectivity index (χ1v) is 11.1. The topological polar surface area (TPSA) is 71.1 Å². The Labute approximate surface area is 182 Å². The van der Waals surface area contributed by atoms with E-state index in [0.717, 1.165) is 14.6 Å². The number of thiazole rings is 1. The average Bonchev–Trinajstić information content (AvgIpc) is 3.17. The lowest BCUT2D eigenvalue weighted by Crippen LogP contribution is -2.29. The second kappa shape index (κ2) is 9.56. The van der Waals surface area contributed by atoms with Crippen LogP contribution >= 0.6 is 23.1 Å². The van der Waals surface area contributed by atoms with E-state index in [1.807, 2.05) is 84.9 Å². The van der Waals surface area contributed by atoms with Crippen LogP contribution in [0.5, 0.6) is 0 Å². The maximum absolute atomic E-state index is 13.0. The van der Waals surface area contributed by atoms with Crippen molar-refractivity contribution in [1.29, 1.82) is 0 Å². The highest BCUT2D eigenvalue weighted by atomic mass is 32.2. The molecule has 0 fully saturated rings. The summed E-state index contributed by atoms with van der Waals surface area (Å²) in [5.41, 5.74) is 2.29. The van der Waals surface area contributed by atoms with Gasteiger partial charge in [0.15, 0.2) is 4.34 Å². The fraction of sp³-hybridized carbons (Fsp3) is 0.0870. The Morgan fingerprint density at radius 2 is 1.43 bits per heavy atom. The molecule has 1 heterocycles. The minimum atomic E-state index is -0.616. The van der Waals surface area contributed by atoms with Gasteiger partial charge in [0.2, 0.25) is 11.8 Å². The first-order valence-electron chi connectivity index (χ1n) is 9.40. The number of anilines is 2. The molecule has 4 aromatic rings. The Morgan fingerprint density at radius 1 is 0.833 bits per heavy atom. The summed E-state index contributed by atoms with van der Waals surface area (Å²) in [6.07, 6.45) is 0.0359. The first-order chi connectivity index (χ1) is 14.7. The third-order valence-electron chi connectivity index (χ3n) is 4.28. The van der Waals surface area contributed by atoms with E-state index in [1.54, 1.807) is 0 Å². The summed E-state index contributed by atoms with van der Waals surface area (Å²) in [6, 6.07) is 26.3. The number of nitrogens with zero attached hydrogens (tertiary/aromatic N) is 1. The molecule has 2 N–H and O–H groups in total. The summed E-state index contributed by atoms with van der Waals surface area (Å²) in [4.78, 5) is 30.2. The lowest BCUT2D eigenvalue weighted by atomic mass is 10.2. The molecule has 1 atom stereocenters. The number of rotatable bonds is 7. The summed E-state index contributed by atoms with van der Waals surface area (Å²) in [7, 11) is 0. The Kier molecular flexibility index (Phi) is 6.41. The molecule has 0 spiro atoms. The van der Waals surface area contributed by atoms with E-state index in [9.17, 15) is 9.59 Å². The van der Waals surface area contributed by atoms with Crippen molar-refractivity contribution < 1.29 is 9.59 Å². The summed E-state index contributed by atoms with van der Waals surface area (Å²) in [5.74, 6) is -0.448. The quantitative estimate of drug-likeness (QED) is 0.382. The molecular weight excluding hydrogens is 414 g/mol. The fourth-order valence-electron chi connectivity index (χ4n) is 2.86. The lowest BCUT2D eigenvalue weighted by Gasteiger charge is -2.15. The van der Waals surface area contributed by atoms with Crippen LogP contribution in [0.1, 0.15) is 6.42 Å². The molecule has 0 saturated heterocycles. The highest BCUT2D eigenvalue weighted by molar-refractivity contribution is 8.02. The van der Waals surface area contributed by atoms with Crippen molar-refractivity contribution in [2.45, 2.75) is 16.0 Å². The summed E-state index contributed by atoms with van der Waals surface area (Å²) >= 11 is 2.84. The molecule has 0 radical (unpaired) electrons. The van der Waals surface area contributed by atoms with Gasteiger partial charge in [-0.15, -0.1) is 11.3 Å². The molecule has 1 aromatic heterocycles. The van der Waals surface area contributed by atoms with Gasteiger partial charge < -0.3 is 10.6 Å². The van der Waals surface area contributed by atoms with Crippen molar-refractivity contribution in [3.8, 4) is 0 Å². The second-order valence-electron chi connectivity index (χ2n) is 6.53. The zero-order valence-corrected chi connectivity index (χ0v) is 17.6. The molecule has 4 rings (SSSR count). The van der Waals surface area contributed by atoms with Gasteiger partial charge in [-0.25, -0.2) is 4.98 Å². The smallest absolute Gasteiger partial charge is 0.238 e. The highest BCUT2D eigenvalue weighted by Crippen LogP contribution is 2.33. The van der Waals surface area contributed by atoms with E-state index in [0.29, 0.717) is 11.4 Å². The van der Waals surface area contributed by atoms with Gasteiger partial charge in [-0.2, -0.15) is 0 Å². The Balaban J connectivity index is 1.51. The minimum absolute atomic E-state index is 0.0359. The number of para-hydroxylation sites is 3. The fourth-order valence-corrected chi connectivity index (χ4v) is 5.16. The minimum Gasteiger partial charge on any atom is -0.326 e. The van der Waals surface area contributed by atoms with Gasteiger partial charge in [0.1, 0.15) is 0 Å². The zero-order valence-electron chi connectivity index (χ0n) is 15.9. The number of benzene rings is 3. The number of hydrogen-bond donors (Lipinski definition) is 2. The van der Waals surface area contributed by atoms with E-state index in [1.165, 1.54) is 23.1 Å². The van der Waals surface area contributed by atoms with Gasteiger partial charge in [0.25, 0.3) is 0 Å². The van der Waals surface area contributed by atoms with Crippen LogP contribution in [0, 0.1) is 0 Å². The molecule has 7 heteroatoms. The molecule has 0 bridgehead atoms. The van der Waals surface area contributed by atoms with Crippen LogP contribution in [0.25, 0.3) is 10.2 Å². The summed E-state index contributed by atoms with van der Waals surface area (Å²) in [6.45, 7) is 0. The van der Waals surface area contributed by atoms with Gasteiger partial charge in [0, 0.05) is 17.8 Å². The van der Waals surface area contributed by atoms with E-state index in [2.05, 4.69) is 15.6 Å². The zero-order chi connectivity index (χ0) is 20.8. The summed E-state index contributed by atoms with van der Waals surface area (Å²) < 4.78 is 1.81. The molecule has 2 amide bonds. The third-order valence-corrected chi connectivity index (χ3v) is 6.61. The monoisotopic (exact) mass is 433 g/mol. The number of amides is 2. The molecule has 0 aliphatic heterocycles. The largest absolute Gasteiger partial charge is 0.326 e. The van der Waals surface area contributed by atoms with E-state index in [-0.39, 0.29) is 18.2 Å². The Morgan fingerprint density at radius 3 is 2.10 bits per heavy atom. The average molecular weight is 434 g/mol. The molecule has 150 valence electrons. The molecule has 0 aliphatic carbocycles. The van der Waals surface area contributed by atoms with E-state index >= 15 is 0 Å². The van der Waals surface area contributed by atoms with Crippen molar-refractivity contribution in [1.82, 2.24) is 4.98 Å². The first kappa shape index (κ1) is 20.1. The van der Waals surface area contributed by atoms with Crippen LogP contribution in [0.15, 0.2) is 89.3 Å². The highest BCUT2D eigenvalue weighted by Gasteiger charge is 2.25. The molecule has 0 saturated carbocycles. The molecule has 0 aliphatic rings. The lowest BCUT2D eigenvalue weighted by molar-refractivity contribution is -0.120. The van der Waals surface area contributed by atoms with Crippen LogP contribution in [-0.4, -0.2) is 22.0 Å². The van der Waals surface area contributed by atoms with Crippen molar-refractivity contribution in [3.05, 3.63) is 84.9 Å². The van der Waals surface area contributed by atoms with Crippen LogP contribution in [0.2, 0.25) is 0 Å². The Hall–Kier alpha value is -3.16. The van der Waals surface area contributed by atoms with Gasteiger partial charge in [0.05, 0.1) is 15.5 Å². The molecule has 5 nitrogen and oxygen atoms in total. The van der Waals surface area contributed by atoms with Crippen LogP contribution in [-0.2, 0) is 9.59 Å². The normalized spacial score (nSPS) is 11.7. The molecular formula is C23H19N3O2S2. The van der Waals surface area contributed by atoms with Gasteiger partial charge >= 0.3 is 0 Å². The third kappa shape index (κ3) is 5.25. The predicted molar refractivity (Wildman–Crippen MR) is 124 cm³/mol. The van der Waals surface area contributed by atoms with Crippen molar-refractivity contribution in [2.75, 3.05) is 10.6 Å². The predicted octanol–water partition coefficient (Wildman–Crippen LogP) is 5.42. The van der Waals surface area contributed by atoms with Crippen LogP contribution in [0.4, 0.5) is 11.4 Å². The van der Waals surface area contributed by atoms with Crippen molar-refractivity contribution >= 4 is 56.5 Å². The van der Waals surface area contributed by atoms with E-state index < -0.39 is 5.25 Å². The molecule has 3 aromatic carbocycles. The number of nitrogens with one attached hydrogen (secondary N) is 2. The number of carbonyl (C=O) groups is 2. The number of hydrogen-bond acceptors (Lipinski definition) is 5. The number of aromatic nitrogens is 1. The molecule has 1 unspecified atom stereocenters. The van der Waals surface area contributed by atoms with Crippen molar-refractivity contribution in [3.63, 3.8) is 0 Å².